The number of nitrogens with two attached hydrogens (primary N) is 2. The van der Waals surface area contributed by atoms with Gasteiger partial charge in [0.15, 0.2) is 0 Å². The molecule has 3 rings (SSSR count). The number of aldehydes is 1. The van der Waals surface area contributed by atoms with Gasteiger partial charge in [0.25, 0.3) is 0 Å². The van der Waals surface area contributed by atoms with Crippen LogP contribution in [0.3, 0.4) is 0 Å². The number of rotatable bonds is 4. The van der Waals surface area contributed by atoms with Crippen molar-refractivity contribution < 1.29 is 4.79 Å². The molecular weight excluding hydrogens is 424 g/mol. The van der Waals surface area contributed by atoms with Crippen molar-refractivity contribution in [1.82, 2.24) is 0 Å². The monoisotopic (exact) mass is 476 g/mol. The van der Waals surface area contributed by atoms with Crippen molar-refractivity contribution in [2.75, 3.05) is 19.6 Å². The van der Waals surface area contributed by atoms with Crippen molar-refractivity contribution in [3.63, 3.8) is 0 Å². The van der Waals surface area contributed by atoms with Gasteiger partial charge in [0.2, 0.25) is 0 Å². The van der Waals surface area contributed by atoms with E-state index in [9.17, 15) is 0 Å². The Morgan fingerprint density at radius 2 is 1.70 bits per heavy atom. The van der Waals surface area contributed by atoms with Gasteiger partial charge >= 0.3 is 0 Å². The SMILES string of the molecule is C=Cc1c(/C=C(\N)C2CC2)c(C)cc2c1CCCC2C.CC=O.CCC(C)C.CN.CSC. The summed E-state index contributed by atoms with van der Waals surface area (Å²) in [6.07, 6.45) is 16.7. The fraction of sp³-hybridized carbons (Fsp3) is 0.621. The van der Waals surface area contributed by atoms with Gasteiger partial charge < -0.3 is 16.3 Å². The molecular formula is C29H52N2OS. The quantitative estimate of drug-likeness (QED) is 0.439. The zero-order valence-electron chi connectivity index (χ0n) is 23.0. The molecule has 0 bridgehead atoms. The van der Waals surface area contributed by atoms with Crippen LogP contribution in [0.4, 0.5) is 0 Å². The molecule has 0 radical (unpaired) electrons. The number of hydrogen-bond acceptors (Lipinski definition) is 4. The Balaban J connectivity index is 0. The number of fused-ring (bicyclic) bond motifs is 1. The van der Waals surface area contributed by atoms with E-state index in [1.807, 2.05) is 18.6 Å². The minimum atomic E-state index is 0.627. The molecule has 1 atom stereocenters. The largest absolute Gasteiger partial charge is 0.402 e. The van der Waals surface area contributed by atoms with Gasteiger partial charge in [-0.2, -0.15) is 11.8 Å². The van der Waals surface area contributed by atoms with Crippen LogP contribution in [0.1, 0.15) is 100 Å². The van der Waals surface area contributed by atoms with Gasteiger partial charge in [0.05, 0.1) is 0 Å². The predicted molar refractivity (Wildman–Crippen MR) is 154 cm³/mol. The van der Waals surface area contributed by atoms with Gasteiger partial charge in [0, 0.05) is 5.70 Å². The molecule has 33 heavy (non-hydrogen) atoms. The van der Waals surface area contributed by atoms with E-state index >= 15 is 0 Å². The van der Waals surface area contributed by atoms with Crippen molar-refractivity contribution in [1.29, 1.82) is 0 Å². The Morgan fingerprint density at radius 1 is 1.21 bits per heavy atom. The van der Waals surface area contributed by atoms with Crippen LogP contribution in [0, 0.1) is 18.8 Å². The third kappa shape index (κ3) is 13.1. The topological polar surface area (TPSA) is 69.1 Å². The highest BCUT2D eigenvalue weighted by atomic mass is 32.2. The van der Waals surface area contributed by atoms with Crippen LogP contribution in [0.2, 0.25) is 0 Å². The summed E-state index contributed by atoms with van der Waals surface area (Å²) in [4.78, 5) is 8.81. The Labute approximate surface area is 209 Å². The molecule has 1 aromatic carbocycles. The maximum atomic E-state index is 8.81. The third-order valence-electron chi connectivity index (χ3n) is 5.74. The molecule has 0 saturated heterocycles. The molecule has 0 aromatic heterocycles. The Kier molecular flexibility index (Phi) is 20.3. The molecule has 1 fully saturated rings. The first-order valence-corrected chi connectivity index (χ1v) is 14.0. The van der Waals surface area contributed by atoms with Crippen LogP contribution >= 0.6 is 11.8 Å². The van der Waals surface area contributed by atoms with E-state index < -0.39 is 0 Å². The summed E-state index contributed by atoms with van der Waals surface area (Å²) >= 11 is 1.75. The summed E-state index contributed by atoms with van der Waals surface area (Å²) in [6, 6.07) is 2.39. The second-order valence-corrected chi connectivity index (χ2v) is 9.77. The molecule has 3 nitrogen and oxygen atoms in total. The molecule has 190 valence electrons. The lowest BCUT2D eigenvalue weighted by atomic mass is 9.78. The van der Waals surface area contributed by atoms with E-state index in [-0.39, 0.29) is 0 Å². The maximum absolute atomic E-state index is 8.81. The highest BCUT2D eigenvalue weighted by Crippen LogP contribution is 2.39. The summed E-state index contributed by atoms with van der Waals surface area (Å²) in [7, 11) is 1.50. The summed E-state index contributed by atoms with van der Waals surface area (Å²) in [5.74, 6) is 2.19. The van der Waals surface area contributed by atoms with Crippen LogP contribution in [0.25, 0.3) is 12.2 Å². The summed E-state index contributed by atoms with van der Waals surface area (Å²) in [5.41, 5.74) is 18.8. The van der Waals surface area contributed by atoms with Crippen molar-refractivity contribution in [3.8, 4) is 0 Å². The lowest BCUT2D eigenvalue weighted by Gasteiger charge is -2.26. The Bertz CT molecular complexity index is 706. The highest BCUT2D eigenvalue weighted by molar-refractivity contribution is 7.97. The zero-order chi connectivity index (χ0) is 26.0. The van der Waals surface area contributed by atoms with Gasteiger partial charge in [-0.15, -0.1) is 0 Å². The fourth-order valence-electron chi connectivity index (χ4n) is 3.51. The number of carbonyl (C=O) groups is 1. The van der Waals surface area contributed by atoms with Crippen LogP contribution in [-0.4, -0.2) is 25.8 Å². The van der Waals surface area contributed by atoms with Gasteiger partial charge in [-0.05, 0) is 117 Å². The molecule has 0 amide bonds. The van der Waals surface area contributed by atoms with E-state index in [1.165, 1.54) is 80.3 Å². The lowest BCUT2D eigenvalue weighted by molar-refractivity contribution is -0.106. The van der Waals surface area contributed by atoms with Gasteiger partial charge in [-0.1, -0.05) is 52.8 Å². The van der Waals surface area contributed by atoms with Crippen LogP contribution in [-0.2, 0) is 11.2 Å². The second-order valence-electron chi connectivity index (χ2n) is 8.95. The molecule has 2 aliphatic carbocycles. The lowest BCUT2D eigenvalue weighted by Crippen LogP contribution is -2.11. The molecule has 1 saturated carbocycles. The summed E-state index contributed by atoms with van der Waals surface area (Å²) < 4.78 is 0. The van der Waals surface area contributed by atoms with E-state index in [2.05, 4.69) is 59.1 Å². The first kappa shape index (κ1) is 33.7. The van der Waals surface area contributed by atoms with E-state index in [1.54, 1.807) is 11.8 Å². The smallest absolute Gasteiger partial charge is 0.116 e. The van der Waals surface area contributed by atoms with Crippen molar-refractivity contribution in [2.24, 2.45) is 23.3 Å². The van der Waals surface area contributed by atoms with E-state index in [4.69, 9.17) is 10.5 Å². The summed E-state index contributed by atoms with van der Waals surface area (Å²) in [5, 5.41) is 0. The van der Waals surface area contributed by atoms with Gasteiger partial charge in [-0.25, -0.2) is 0 Å². The highest BCUT2D eigenvalue weighted by Gasteiger charge is 2.25. The first-order valence-electron chi connectivity index (χ1n) is 12.4. The number of aryl methyl sites for hydroxylation is 1. The van der Waals surface area contributed by atoms with Crippen molar-refractivity contribution >= 4 is 30.2 Å². The van der Waals surface area contributed by atoms with Crippen LogP contribution < -0.4 is 11.5 Å². The number of carbonyl (C=O) groups excluding carboxylic acids is 1. The minimum Gasteiger partial charge on any atom is -0.402 e. The molecule has 1 aromatic rings. The maximum Gasteiger partial charge on any atom is 0.116 e. The first-order chi connectivity index (χ1) is 15.7. The average molecular weight is 477 g/mol. The minimum absolute atomic E-state index is 0.627. The van der Waals surface area contributed by atoms with E-state index in [0.29, 0.717) is 11.8 Å². The molecule has 1 unspecified atom stereocenters. The molecule has 2 aliphatic rings. The second kappa shape index (κ2) is 19.9. The number of hydrogen-bond donors (Lipinski definition) is 2. The predicted octanol–water partition coefficient (Wildman–Crippen LogP) is 7.60. The number of allylic oxidation sites excluding steroid dienone is 1. The number of thioether (sulfide) groups is 1. The average Bonchev–Trinajstić information content (AvgIpc) is 3.63. The molecule has 4 N–H and O–H groups in total. The molecule has 0 aliphatic heterocycles. The Morgan fingerprint density at radius 3 is 2.09 bits per heavy atom. The molecule has 0 heterocycles. The standard InChI is InChI=1S/C19H25N.C5H12.C2H4O.C2H6S.CH5N/c1-4-15-16-7-5-6-12(2)17(16)10-13(3)18(15)11-19(20)14-8-9-14;1-4-5(2)3;1-2-3;1-3-2;1-2/h4,10-12,14H,1,5-9,20H2,2-3H3;5H,4H2,1-3H3;2H,1H3;1-2H3;2H2,1H3/b19-11-;;;;. The Hall–Kier alpha value is -1.52. The van der Waals surface area contributed by atoms with Crippen molar-refractivity contribution in [3.05, 3.63) is 46.2 Å². The zero-order valence-corrected chi connectivity index (χ0v) is 23.8. The molecule has 0 spiro atoms. The third-order valence-corrected chi connectivity index (χ3v) is 5.74. The van der Waals surface area contributed by atoms with Gasteiger partial charge in [0.1, 0.15) is 6.29 Å². The van der Waals surface area contributed by atoms with Gasteiger partial charge in [-0.3, -0.25) is 0 Å². The molecule has 4 heteroatoms. The van der Waals surface area contributed by atoms with Crippen molar-refractivity contribution in [2.45, 2.75) is 86.0 Å². The normalized spacial score (nSPS) is 16.2. The van der Waals surface area contributed by atoms with Crippen LogP contribution in [0.15, 0.2) is 18.3 Å². The number of benzene rings is 1. The van der Waals surface area contributed by atoms with Crippen LogP contribution in [0.5, 0.6) is 0 Å². The fourth-order valence-corrected chi connectivity index (χ4v) is 3.51. The summed E-state index contributed by atoms with van der Waals surface area (Å²) in [6.45, 7) is 16.7. The van der Waals surface area contributed by atoms with E-state index in [0.717, 1.165) is 17.9 Å².